The zero-order chi connectivity index (χ0) is 9.26. The van der Waals surface area contributed by atoms with Gasteiger partial charge in [-0.15, -0.1) is 0 Å². The summed E-state index contributed by atoms with van der Waals surface area (Å²) in [6.07, 6.45) is 4.27. The Morgan fingerprint density at radius 1 is 1.62 bits per heavy atom. The van der Waals surface area contributed by atoms with E-state index in [1.54, 1.807) is 12.4 Å². The first-order valence-corrected chi connectivity index (χ1v) is 4.36. The molecule has 0 bridgehead atoms. The van der Waals surface area contributed by atoms with E-state index in [4.69, 9.17) is 0 Å². The maximum absolute atomic E-state index is 11.3. The number of hydrogen-bond donors (Lipinski definition) is 1. The van der Waals surface area contributed by atoms with Crippen molar-refractivity contribution in [3.05, 3.63) is 28.7 Å². The molecule has 0 aliphatic carbocycles. The van der Waals surface area contributed by atoms with Crippen LogP contribution in [0.1, 0.15) is 13.3 Å². The normalized spacial score (nSPS) is 10.8. The van der Waals surface area contributed by atoms with Crippen molar-refractivity contribution in [2.24, 2.45) is 0 Å². The lowest BCUT2D eigenvalue weighted by molar-refractivity contribution is 0.617. The van der Waals surface area contributed by atoms with E-state index in [2.05, 4.69) is 17.0 Å². The molecular weight excluding hydrogens is 166 g/mol. The lowest BCUT2D eigenvalue weighted by Gasteiger charge is -1.98. The monoisotopic (exact) mass is 177 g/mol. The van der Waals surface area contributed by atoms with E-state index in [1.807, 2.05) is 4.68 Å². The van der Waals surface area contributed by atoms with Crippen molar-refractivity contribution in [3.63, 3.8) is 0 Å². The van der Waals surface area contributed by atoms with E-state index in [0.29, 0.717) is 5.39 Å². The maximum Gasteiger partial charge on any atom is 0.192 e. The third-order valence-corrected chi connectivity index (χ3v) is 2.00. The van der Waals surface area contributed by atoms with Crippen LogP contribution in [0.3, 0.4) is 0 Å². The maximum atomic E-state index is 11.3. The largest absolute Gasteiger partial charge is 0.346 e. The van der Waals surface area contributed by atoms with Crippen LogP contribution in [0.2, 0.25) is 0 Å². The molecule has 4 nitrogen and oxygen atoms in total. The van der Waals surface area contributed by atoms with Crippen molar-refractivity contribution in [3.8, 4) is 0 Å². The first-order valence-electron chi connectivity index (χ1n) is 4.36. The van der Waals surface area contributed by atoms with E-state index < -0.39 is 0 Å². The number of aromatic nitrogens is 3. The summed E-state index contributed by atoms with van der Waals surface area (Å²) in [7, 11) is 0. The molecule has 13 heavy (non-hydrogen) atoms. The Morgan fingerprint density at radius 3 is 3.23 bits per heavy atom. The molecular formula is C9H11N3O. The van der Waals surface area contributed by atoms with Crippen LogP contribution in [-0.2, 0) is 6.54 Å². The summed E-state index contributed by atoms with van der Waals surface area (Å²) >= 11 is 0. The van der Waals surface area contributed by atoms with Crippen molar-refractivity contribution < 1.29 is 0 Å². The molecule has 68 valence electrons. The fourth-order valence-electron chi connectivity index (χ4n) is 1.39. The smallest absolute Gasteiger partial charge is 0.192 e. The lowest BCUT2D eigenvalue weighted by Crippen LogP contribution is -2.03. The second-order valence-corrected chi connectivity index (χ2v) is 2.97. The number of rotatable bonds is 2. The SMILES string of the molecule is CCCn1ncc2c(=O)cc[nH]c21. The minimum atomic E-state index is 0.0242. The summed E-state index contributed by atoms with van der Waals surface area (Å²) in [6.45, 7) is 2.91. The van der Waals surface area contributed by atoms with Gasteiger partial charge in [-0.3, -0.25) is 4.79 Å². The highest BCUT2D eigenvalue weighted by Crippen LogP contribution is 2.05. The van der Waals surface area contributed by atoms with Gasteiger partial charge in [0.25, 0.3) is 0 Å². The Balaban J connectivity index is 2.68. The molecule has 2 heterocycles. The van der Waals surface area contributed by atoms with Crippen molar-refractivity contribution in [1.29, 1.82) is 0 Å². The number of hydrogen-bond acceptors (Lipinski definition) is 2. The number of nitrogens with one attached hydrogen (secondary N) is 1. The van der Waals surface area contributed by atoms with Gasteiger partial charge in [-0.1, -0.05) is 6.92 Å². The van der Waals surface area contributed by atoms with Crippen LogP contribution >= 0.6 is 0 Å². The van der Waals surface area contributed by atoms with Gasteiger partial charge in [-0.25, -0.2) is 4.68 Å². The molecule has 0 radical (unpaired) electrons. The molecule has 2 rings (SSSR count). The zero-order valence-electron chi connectivity index (χ0n) is 7.45. The first-order chi connectivity index (χ1) is 6.33. The van der Waals surface area contributed by atoms with Crippen LogP contribution in [0.5, 0.6) is 0 Å². The molecule has 0 saturated carbocycles. The second kappa shape index (κ2) is 3.05. The molecule has 2 aromatic rings. The Kier molecular flexibility index (Phi) is 1.88. The summed E-state index contributed by atoms with van der Waals surface area (Å²) in [6, 6.07) is 1.51. The van der Waals surface area contributed by atoms with E-state index in [9.17, 15) is 4.79 Å². The fraction of sp³-hybridized carbons (Fsp3) is 0.333. The number of aryl methyl sites for hydroxylation is 1. The highest BCUT2D eigenvalue weighted by molar-refractivity contribution is 5.73. The number of H-pyrrole nitrogens is 1. The number of aromatic amines is 1. The van der Waals surface area contributed by atoms with Crippen LogP contribution in [0, 0.1) is 0 Å². The molecule has 0 fully saturated rings. The van der Waals surface area contributed by atoms with E-state index in [1.165, 1.54) is 6.07 Å². The molecule has 2 aromatic heterocycles. The summed E-state index contributed by atoms with van der Waals surface area (Å²) in [5.74, 6) is 0. The minimum absolute atomic E-state index is 0.0242. The molecule has 0 amide bonds. The molecule has 0 saturated heterocycles. The van der Waals surface area contributed by atoms with Crippen LogP contribution < -0.4 is 5.43 Å². The number of fused-ring (bicyclic) bond motifs is 1. The highest BCUT2D eigenvalue weighted by atomic mass is 16.1. The zero-order valence-corrected chi connectivity index (χ0v) is 7.45. The predicted octanol–water partition coefficient (Wildman–Crippen LogP) is 1.13. The van der Waals surface area contributed by atoms with Crippen molar-refractivity contribution in [2.75, 3.05) is 0 Å². The molecule has 0 aliphatic rings. The van der Waals surface area contributed by atoms with Crippen LogP contribution in [0.15, 0.2) is 23.3 Å². The van der Waals surface area contributed by atoms with Crippen molar-refractivity contribution >= 4 is 11.0 Å². The summed E-state index contributed by atoms with van der Waals surface area (Å²) in [4.78, 5) is 14.3. The Bertz CT molecular complexity index is 469. The minimum Gasteiger partial charge on any atom is -0.346 e. The fourth-order valence-corrected chi connectivity index (χ4v) is 1.39. The Hall–Kier alpha value is -1.58. The highest BCUT2D eigenvalue weighted by Gasteiger charge is 2.03. The summed E-state index contributed by atoms with van der Waals surface area (Å²) < 4.78 is 1.82. The molecule has 0 atom stereocenters. The Labute approximate surface area is 75.2 Å². The quantitative estimate of drug-likeness (QED) is 0.747. The number of pyridine rings is 1. The molecule has 0 spiro atoms. The molecule has 0 unspecified atom stereocenters. The predicted molar refractivity (Wildman–Crippen MR) is 50.6 cm³/mol. The molecule has 0 aromatic carbocycles. The van der Waals surface area contributed by atoms with Gasteiger partial charge in [0, 0.05) is 18.8 Å². The number of nitrogens with zero attached hydrogens (tertiary/aromatic N) is 2. The molecule has 0 aliphatic heterocycles. The third kappa shape index (κ3) is 1.24. The van der Waals surface area contributed by atoms with Gasteiger partial charge in [0.2, 0.25) is 0 Å². The standard InChI is InChI=1S/C9H11N3O/c1-2-5-12-9-7(6-11-12)8(13)3-4-10-9/h3-4,6H,2,5H2,1H3,(H,10,13). The van der Waals surface area contributed by atoms with Crippen molar-refractivity contribution in [1.82, 2.24) is 14.8 Å². The van der Waals surface area contributed by atoms with Crippen molar-refractivity contribution in [2.45, 2.75) is 19.9 Å². The molecule has 1 N–H and O–H groups in total. The van der Waals surface area contributed by atoms with Crippen LogP contribution in [0.4, 0.5) is 0 Å². The van der Waals surface area contributed by atoms with E-state index in [0.717, 1.165) is 18.6 Å². The van der Waals surface area contributed by atoms with Crippen LogP contribution in [0.25, 0.3) is 11.0 Å². The summed E-state index contributed by atoms with van der Waals surface area (Å²) in [5.41, 5.74) is 0.838. The Morgan fingerprint density at radius 2 is 2.46 bits per heavy atom. The third-order valence-electron chi connectivity index (χ3n) is 2.00. The topological polar surface area (TPSA) is 50.7 Å². The average molecular weight is 177 g/mol. The van der Waals surface area contributed by atoms with Gasteiger partial charge in [0.15, 0.2) is 5.43 Å². The second-order valence-electron chi connectivity index (χ2n) is 2.97. The van der Waals surface area contributed by atoms with Gasteiger partial charge in [-0.2, -0.15) is 5.10 Å². The van der Waals surface area contributed by atoms with E-state index >= 15 is 0 Å². The van der Waals surface area contributed by atoms with Crippen LogP contribution in [-0.4, -0.2) is 14.8 Å². The lowest BCUT2D eigenvalue weighted by atomic mass is 10.3. The van der Waals surface area contributed by atoms with Gasteiger partial charge in [0.1, 0.15) is 5.65 Å². The van der Waals surface area contributed by atoms with Gasteiger partial charge in [-0.05, 0) is 6.42 Å². The first kappa shape index (κ1) is 8.04. The molecule has 4 heteroatoms. The van der Waals surface area contributed by atoms with Gasteiger partial charge in [0.05, 0.1) is 11.6 Å². The summed E-state index contributed by atoms with van der Waals surface area (Å²) in [5, 5.41) is 4.79. The van der Waals surface area contributed by atoms with Gasteiger partial charge >= 0.3 is 0 Å². The van der Waals surface area contributed by atoms with Gasteiger partial charge < -0.3 is 4.98 Å². The average Bonchev–Trinajstić information content (AvgIpc) is 2.51. The van der Waals surface area contributed by atoms with E-state index in [-0.39, 0.29) is 5.43 Å².